The fourth-order valence-corrected chi connectivity index (χ4v) is 1.84. The third kappa shape index (κ3) is 2.07. The first-order valence-corrected chi connectivity index (χ1v) is 5.26. The lowest BCUT2D eigenvalue weighted by molar-refractivity contribution is 0.164. The van der Waals surface area contributed by atoms with Crippen molar-refractivity contribution in [1.82, 2.24) is 5.32 Å². The summed E-state index contributed by atoms with van der Waals surface area (Å²) in [6, 6.07) is 5.60. The van der Waals surface area contributed by atoms with Crippen molar-refractivity contribution in [2.45, 2.75) is 6.04 Å². The normalized spacial score (nSPS) is 17.9. The maximum atomic E-state index is 11.0. The average Bonchev–Trinajstić information content (AvgIpc) is 2.60. The minimum Gasteiger partial charge on any atom is -0.491 e. The van der Waals surface area contributed by atoms with E-state index in [2.05, 4.69) is 26.0 Å². The molecule has 1 atom stereocenters. The summed E-state index contributed by atoms with van der Waals surface area (Å²) in [4.78, 5) is 11.0. The van der Waals surface area contributed by atoms with Gasteiger partial charge in [0.05, 0.1) is 13.2 Å². The topological polar surface area (TPSA) is 47.6 Å². The quantitative estimate of drug-likeness (QED) is 0.852. The first-order chi connectivity index (χ1) is 7.20. The van der Waals surface area contributed by atoms with Gasteiger partial charge in [-0.05, 0) is 12.1 Å². The van der Waals surface area contributed by atoms with Crippen molar-refractivity contribution in [2.75, 3.05) is 13.7 Å². The van der Waals surface area contributed by atoms with Crippen LogP contribution in [0.3, 0.4) is 0 Å². The van der Waals surface area contributed by atoms with Crippen LogP contribution in [0.2, 0.25) is 0 Å². The highest BCUT2D eigenvalue weighted by Gasteiger charge is 2.25. The number of carbonyl (C=O) groups is 1. The van der Waals surface area contributed by atoms with E-state index in [1.807, 2.05) is 18.2 Å². The molecule has 0 bridgehead atoms. The van der Waals surface area contributed by atoms with Gasteiger partial charge in [-0.1, -0.05) is 22.0 Å². The second-order valence-corrected chi connectivity index (χ2v) is 4.10. The molecule has 0 spiro atoms. The molecule has 1 aliphatic heterocycles. The van der Waals surface area contributed by atoms with Crippen molar-refractivity contribution in [3.63, 3.8) is 0 Å². The Morgan fingerprint density at radius 3 is 3.20 bits per heavy atom. The number of methoxy groups -OCH3 is 1. The zero-order valence-electron chi connectivity index (χ0n) is 8.12. The number of fused-ring (bicyclic) bond motifs is 1. The van der Waals surface area contributed by atoms with Crippen molar-refractivity contribution >= 4 is 22.0 Å². The van der Waals surface area contributed by atoms with Gasteiger partial charge in [-0.3, -0.25) is 0 Å². The molecular weight excluding hydrogens is 262 g/mol. The van der Waals surface area contributed by atoms with Crippen LogP contribution in [0, 0.1) is 0 Å². The maximum Gasteiger partial charge on any atom is 0.407 e. The third-order valence-electron chi connectivity index (χ3n) is 2.23. The number of benzene rings is 1. The second kappa shape index (κ2) is 4.10. The summed E-state index contributed by atoms with van der Waals surface area (Å²) in [5.74, 6) is 0.797. The second-order valence-electron chi connectivity index (χ2n) is 3.18. The van der Waals surface area contributed by atoms with E-state index in [1.165, 1.54) is 7.11 Å². The minimum absolute atomic E-state index is 0.124. The van der Waals surface area contributed by atoms with Gasteiger partial charge in [0, 0.05) is 10.0 Å². The Bertz CT molecular complexity index is 394. The lowest BCUT2D eigenvalue weighted by atomic mass is 10.1. The van der Waals surface area contributed by atoms with Crippen LogP contribution < -0.4 is 10.1 Å². The Kier molecular flexibility index (Phi) is 2.81. The van der Waals surface area contributed by atoms with E-state index < -0.39 is 6.09 Å². The number of hydrogen-bond acceptors (Lipinski definition) is 3. The molecule has 1 amide bonds. The lowest BCUT2D eigenvalue weighted by Crippen LogP contribution is -2.29. The van der Waals surface area contributed by atoms with Gasteiger partial charge in [0.1, 0.15) is 12.4 Å². The number of carbonyl (C=O) groups excluding carboxylic acids is 1. The summed E-state index contributed by atoms with van der Waals surface area (Å²) in [5, 5.41) is 2.70. The summed E-state index contributed by atoms with van der Waals surface area (Å²) >= 11 is 3.36. The van der Waals surface area contributed by atoms with E-state index in [0.29, 0.717) is 6.61 Å². The number of ether oxygens (including phenoxy) is 2. The standard InChI is InChI=1S/C10H10BrNO3/c1-14-10(13)12-8-5-15-9-4-6(11)2-3-7(8)9/h2-4,8H,5H2,1H3,(H,12,13). The van der Waals surface area contributed by atoms with Gasteiger partial charge in [0.2, 0.25) is 0 Å². The molecule has 2 rings (SSSR count). The van der Waals surface area contributed by atoms with Crippen LogP contribution in [-0.2, 0) is 4.74 Å². The molecule has 1 aromatic rings. The van der Waals surface area contributed by atoms with Crippen LogP contribution in [0.1, 0.15) is 11.6 Å². The molecule has 0 aliphatic carbocycles. The molecule has 1 aliphatic rings. The van der Waals surface area contributed by atoms with Crippen molar-refractivity contribution in [3.8, 4) is 5.75 Å². The summed E-state index contributed by atoms with van der Waals surface area (Å²) in [5.41, 5.74) is 0.976. The molecular formula is C10H10BrNO3. The van der Waals surface area contributed by atoms with Gasteiger partial charge >= 0.3 is 6.09 Å². The van der Waals surface area contributed by atoms with Crippen molar-refractivity contribution in [2.24, 2.45) is 0 Å². The number of hydrogen-bond donors (Lipinski definition) is 1. The Labute approximate surface area is 95.7 Å². The van der Waals surface area contributed by atoms with Crippen molar-refractivity contribution in [3.05, 3.63) is 28.2 Å². The van der Waals surface area contributed by atoms with Crippen LogP contribution in [0.15, 0.2) is 22.7 Å². The van der Waals surface area contributed by atoms with E-state index in [9.17, 15) is 4.79 Å². The number of halogens is 1. The van der Waals surface area contributed by atoms with Gasteiger partial charge in [0.25, 0.3) is 0 Å². The highest BCUT2D eigenvalue weighted by molar-refractivity contribution is 9.10. The first kappa shape index (κ1) is 10.3. The van der Waals surface area contributed by atoms with E-state index >= 15 is 0 Å². The van der Waals surface area contributed by atoms with E-state index in [0.717, 1.165) is 15.8 Å². The zero-order chi connectivity index (χ0) is 10.8. The fraction of sp³-hybridized carbons (Fsp3) is 0.300. The van der Waals surface area contributed by atoms with Crippen LogP contribution in [0.25, 0.3) is 0 Å². The van der Waals surface area contributed by atoms with E-state index in [1.54, 1.807) is 0 Å². The van der Waals surface area contributed by atoms with Crippen LogP contribution in [0.4, 0.5) is 4.79 Å². The van der Waals surface area contributed by atoms with Gasteiger partial charge in [-0.25, -0.2) is 4.79 Å². The molecule has 1 heterocycles. The molecule has 0 fully saturated rings. The Morgan fingerprint density at radius 2 is 2.47 bits per heavy atom. The first-order valence-electron chi connectivity index (χ1n) is 4.47. The SMILES string of the molecule is COC(=O)NC1COc2cc(Br)ccc21. The predicted octanol–water partition coefficient (Wildman–Crippen LogP) is 2.24. The average molecular weight is 272 g/mol. The summed E-state index contributed by atoms with van der Waals surface area (Å²) in [7, 11) is 1.34. The number of alkyl carbamates (subject to hydrolysis) is 1. The fourth-order valence-electron chi connectivity index (χ4n) is 1.50. The highest BCUT2D eigenvalue weighted by atomic mass is 79.9. The van der Waals surface area contributed by atoms with E-state index in [4.69, 9.17) is 4.74 Å². The number of amides is 1. The van der Waals surface area contributed by atoms with Gasteiger partial charge in [0.15, 0.2) is 0 Å². The Morgan fingerprint density at radius 1 is 1.67 bits per heavy atom. The highest BCUT2D eigenvalue weighted by Crippen LogP contribution is 2.34. The van der Waals surface area contributed by atoms with Crippen molar-refractivity contribution < 1.29 is 14.3 Å². The molecule has 1 aromatic carbocycles. The molecule has 1 unspecified atom stereocenters. The van der Waals surface area contributed by atoms with Gasteiger partial charge in [-0.2, -0.15) is 0 Å². The van der Waals surface area contributed by atoms with Crippen LogP contribution >= 0.6 is 15.9 Å². The van der Waals surface area contributed by atoms with Crippen LogP contribution in [0.5, 0.6) is 5.75 Å². The molecule has 80 valence electrons. The molecule has 1 N–H and O–H groups in total. The molecule has 0 saturated heterocycles. The Balaban J connectivity index is 2.18. The summed E-state index contributed by atoms with van der Waals surface area (Å²) < 4.78 is 10.9. The van der Waals surface area contributed by atoms with Crippen molar-refractivity contribution in [1.29, 1.82) is 0 Å². The minimum atomic E-state index is -0.445. The summed E-state index contributed by atoms with van der Waals surface area (Å²) in [6.45, 7) is 0.445. The predicted molar refractivity (Wildman–Crippen MR) is 57.9 cm³/mol. The van der Waals surface area contributed by atoms with Gasteiger partial charge in [-0.15, -0.1) is 0 Å². The summed E-state index contributed by atoms with van der Waals surface area (Å²) in [6.07, 6.45) is -0.445. The largest absolute Gasteiger partial charge is 0.491 e. The van der Waals surface area contributed by atoms with E-state index in [-0.39, 0.29) is 6.04 Å². The maximum absolute atomic E-state index is 11.0. The Hall–Kier alpha value is -1.23. The van der Waals surface area contributed by atoms with Gasteiger partial charge < -0.3 is 14.8 Å². The molecule has 15 heavy (non-hydrogen) atoms. The molecule has 0 saturated carbocycles. The number of rotatable bonds is 1. The lowest BCUT2D eigenvalue weighted by Gasteiger charge is -2.09. The number of nitrogens with one attached hydrogen (secondary N) is 1. The molecule has 0 radical (unpaired) electrons. The third-order valence-corrected chi connectivity index (χ3v) is 2.73. The smallest absolute Gasteiger partial charge is 0.407 e. The van der Waals surface area contributed by atoms with Crippen LogP contribution in [-0.4, -0.2) is 19.8 Å². The molecule has 0 aromatic heterocycles. The molecule has 5 heteroatoms. The molecule has 4 nitrogen and oxygen atoms in total. The zero-order valence-corrected chi connectivity index (χ0v) is 9.71. The monoisotopic (exact) mass is 271 g/mol.